The molecule has 4 heteroatoms. The number of carboxylic acid groups (broad SMARTS) is 1. The lowest BCUT2D eigenvalue weighted by atomic mass is 9.92. The van der Waals surface area contributed by atoms with E-state index in [1.165, 1.54) is 24.3 Å². The van der Waals surface area contributed by atoms with Gasteiger partial charge in [-0.2, -0.15) is 0 Å². The second-order valence-electron chi connectivity index (χ2n) is 4.00. The molecule has 1 atom stereocenters. The highest BCUT2D eigenvalue weighted by molar-refractivity contribution is 5.76. The van der Waals surface area contributed by atoms with Crippen LogP contribution in [0.15, 0.2) is 48.8 Å². The molecule has 0 bridgehead atoms. The summed E-state index contributed by atoms with van der Waals surface area (Å²) in [6.45, 7) is 0. The summed E-state index contributed by atoms with van der Waals surface area (Å²) in [5.41, 5.74) is 1.49. The minimum absolute atomic E-state index is 0.365. The maximum Gasteiger partial charge on any atom is 0.311 e. The third kappa shape index (κ3) is 2.91. The minimum atomic E-state index is -0.918. The number of carbonyl (C=O) groups is 1. The zero-order valence-corrected chi connectivity index (χ0v) is 9.58. The summed E-state index contributed by atoms with van der Waals surface area (Å²) in [7, 11) is 0. The highest BCUT2D eigenvalue weighted by Crippen LogP contribution is 2.21. The fourth-order valence-electron chi connectivity index (χ4n) is 1.80. The normalized spacial score (nSPS) is 12.1. The standard InChI is InChI=1S/C14H12FNO2/c15-12-3-1-11(2-4-12)13(14(17)18)9-10-5-7-16-8-6-10/h1-8,13H,9H2,(H,17,18)/t13-/m0/s1. The van der Waals surface area contributed by atoms with E-state index in [4.69, 9.17) is 0 Å². The third-order valence-corrected chi connectivity index (χ3v) is 2.76. The van der Waals surface area contributed by atoms with Gasteiger partial charge >= 0.3 is 5.97 Å². The van der Waals surface area contributed by atoms with E-state index in [2.05, 4.69) is 4.98 Å². The van der Waals surface area contributed by atoms with Crippen LogP contribution in [0.5, 0.6) is 0 Å². The molecular weight excluding hydrogens is 233 g/mol. The highest BCUT2D eigenvalue weighted by atomic mass is 19.1. The first-order valence-electron chi connectivity index (χ1n) is 5.54. The predicted molar refractivity (Wildman–Crippen MR) is 64.7 cm³/mol. The van der Waals surface area contributed by atoms with Gasteiger partial charge in [0.15, 0.2) is 0 Å². The van der Waals surface area contributed by atoms with E-state index in [1.807, 2.05) is 0 Å². The van der Waals surface area contributed by atoms with Gasteiger partial charge in [0.05, 0.1) is 5.92 Å². The van der Waals surface area contributed by atoms with Crippen molar-refractivity contribution < 1.29 is 14.3 Å². The van der Waals surface area contributed by atoms with Crippen molar-refractivity contribution >= 4 is 5.97 Å². The van der Waals surface area contributed by atoms with Crippen molar-refractivity contribution in [3.63, 3.8) is 0 Å². The largest absolute Gasteiger partial charge is 0.481 e. The van der Waals surface area contributed by atoms with Crippen LogP contribution in [0.3, 0.4) is 0 Å². The lowest BCUT2D eigenvalue weighted by Crippen LogP contribution is -2.14. The number of hydrogen-bond donors (Lipinski definition) is 1. The summed E-state index contributed by atoms with van der Waals surface area (Å²) < 4.78 is 12.8. The average Bonchev–Trinajstić information content (AvgIpc) is 2.38. The summed E-state index contributed by atoms with van der Waals surface area (Å²) in [4.78, 5) is 15.2. The Kier molecular flexibility index (Phi) is 3.67. The third-order valence-electron chi connectivity index (χ3n) is 2.76. The molecule has 2 rings (SSSR count). The van der Waals surface area contributed by atoms with Crippen molar-refractivity contribution in [2.45, 2.75) is 12.3 Å². The molecule has 1 N–H and O–H groups in total. The topological polar surface area (TPSA) is 50.2 Å². The Morgan fingerprint density at radius 2 is 1.78 bits per heavy atom. The first kappa shape index (κ1) is 12.2. The first-order chi connectivity index (χ1) is 8.66. The van der Waals surface area contributed by atoms with E-state index in [-0.39, 0.29) is 5.82 Å². The molecule has 0 spiro atoms. The molecular formula is C14H12FNO2. The number of halogens is 1. The van der Waals surface area contributed by atoms with Gasteiger partial charge in [0.25, 0.3) is 0 Å². The molecule has 1 aromatic heterocycles. The van der Waals surface area contributed by atoms with E-state index in [1.54, 1.807) is 24.5 Å². The Morgan fingerprint density at radius 1 is 1.17 bits per heavy atom. The van der Waals surface area contributed by atoms with Gasteiger partial charge in [0, 0.05) is 12.4 Å². The van der Waals surface area contributed by atoms with Gasteiger partial charge in [0.1, 0.15) is 5.82 Å². The fourth-order valence-corrected chi connectivity index (χ4v) is 1.80. The number of aromatic nitrogens is 1. The Labute approximate surface area is 104 Å². The van der Waals surface area contributed by atoms with Crippen LogP contribution in [0, 0.1) is 5.82 Å². The van der Waals surface area contributed by atoms with Gasteiger partial charge in [0.2, 0.25) is 0 Å². The number of pyridine rings is 1. The van der Waals surface area contributed by atoms with Crippen molar-refractivity contribution in [3.8, 4) is 0 Å². The lowest BCUT2D eigenvalue weighted by molar-refractivity contribution is -0.138. The van der Waals surface area contributed by atoms with Crippen molar-refractivity contribution in [1.82, 2.24) is 4.98 Å². The molecule has 0 aliphatic carbocycles. The maximum absolute atomic E-state index is 12.8. The molecule has 0 radical (unpaired) electrons. The maximum atomic E-state index is 12.8. The molecule has 0 amide bonds. The second kappa shape index (κ2) is 5.40. The van der Waals surface area contributed by atoms with Crippen molar-refractivity contribution in [1.29, 1.82) is 0 Å². The molecule has 1 heterocycles. The summed E-state index contributed by atoms with van der Waals surface area (Å²) in [6.07, 6.45) is 3.61. The van der Waals surface area contributed by atoms with Gasteiger partial charge in [-0.15, -0.1) is 0 Å². The van der Waals surface area contributed by atoms with E-state index < -0.39 is 11.9 Å². The van der Waals surface area contributed by atoms with Gasteiger partial charge in [-0.1, -0.05) is 12.1 Å². The lowest BCUT2D eigenvalue weighted by Gasteiger charge is -2.12. The molecule has 3 nitrogen and oxygen atoms in total. The van der Waals surface area contributed by atoms with Crippen molar-refractivity contribution in [2.75, 3.05) is 0 Å². The van der Waals surface area contributed by atoms with Crippen LogP contribution in [-0.4, -0.2) is 16.1 Å². The quantitative estimate of drug-likeness (QED) is 0.900. The molecule has 0 aliphatic heterocycles. The van der Waals surface area contributed by atoms with Gasteiger partial charge < -0.3 is 5.11 Å². The van der Waals surface area contributed by atoms with Crippen LogP contribution in [0.2, 0.25) is 0 Å². The van der Waals surface area contributed by atoms with Crippen LogP contribution in [-0.2, 0) is 11.2 Å². The summed E-state index contributed by atoms with van der Waals surface area (Å²) in [6, 6.07) is 9.12. The van der Waals surface area contributed by atoms with Crippen molar-refractivity contribution in [2.24, 2.45) is 0 Å². The SMILES string of the molecule is O=C(O)[C@@H](Cc1ccncc1)c1ccc(F)cc1. The van der Waals surface area contributed by atoms with Crippen LogP contribution in [0.25, 0.3) is 0 Å². The number of nitrogens with zero attached hydrogens (tertiary/aromatic N) is 1. The number of carboxylic acids is 1. The molecule has 0 saturated carbocycles. The molecule has 0 unspecified atom stereocenters. The minimum Gasteiger partial charge on any atom is -0.481 e. The molecule has 0 saturated heterocycles. The number of hydrogen-bond acceptors (Lipinski definition) is 2. The molecule has 92 valence electrons. The number of aliphatic carboxylic acids is 1. The zero-order valence-electron chi connectivity index (χ0n) is 9.58. The van der Waals surface area contributed by atoms with Crippen LogP contribution >= 0.6 is 0 Å². The number of rotatable bonds is 4. The molecule has 18 heavy (non-hydrogen) atoms. The van der Waals surface area contributed by atoms with E-state index in [0.29, 0.717) is 12.0 Å². The monoisotopic (exact) mass is 245 g/mol. The van der Waals surface area contributed by atoms with Gasteiger partial charge in [-0.25, -0.2) is 4.39 Å². The van der Waals surface area contributed by atoms with E-state index >= 15 is 0 Å². The summed E-state index contributed by atoms with van der Waals surface area (Å²) >= 11 is 0. The Balaban J connectivity index is 2.24. The Morgan fingerprint density at radius 3 is 2.33 bits per heavy atom. The zero-order chi connectivity index (χ0) is 13.0. The second-order valence-corrected chi connectivity index (χ2v) is 4.00. The van der Waals surface area contributed by atoms with Gasteiger partial charge in [-0.3, -0.25) is 9.78 Å². The Bertz CT molecular complexity index is 525. The van der Waals surface area contributed by atoms with E-state index in [0.717, 1.165) is 5.56 Å². The smallest absolute Gasteiger partial charge is 0.311 e. The van der Waals surface area contributed by atoms with Crippen LogP contribution in [0.1, 0.15) is 17.0 Å². The summed E-state index contributed by atoms with van der Waals surface area (Å²) in [5.74, 6) is -1.96. The predicted octanol–water partition coefficient (Wildman–Crippen LogP) is 2.63. The molecule has 1 aromatic carbocycles. The Hall–Kier alpha value is -2.23. The number of benzene rings is 1. The average molecular weight is 245 g/mol. The van der Waals surface area contributed by atoms with Gasteiger partial charge in [-0.05, 0) is 41.8 Å². The molecule has 0 aliphatic rings. The van der Waals surface area contributed by atoms with Crippen LogP contribution < -0.4 is 0 Å². The van der Waals surface area contributed by atoms with Crippen LogP contribution in [0.4, 0.5) is 4.39 Å². The highest BCUT2D eigenvalue weighted by Gasteiger charge is 2.20. The molecule has 2 aromatic rings. The van der Waals surface area contributed by atoms with Crippen molar-refractivity contribution in [3.05, 3.63) is 65.7 Å². The summed E-state index contributed by atoms with van der Waals surface area (Å²) in [5, 5.41) is 9.25. The first-order valence-corrected chi connectivity index (χ1v) is 5.54. The molecule has 0 fully saturated rings. The van der Waals surface area contributed by atoms with E-state index in [9.17, 15) is 14.3 Å². The fraction of sp³-hybridized carbons (Fsp3) is 0.143.